The molecule has 0 atom stereocenters. The molecule has 0 bridgehead atoms. The summed E-state index contributed by atoms with van der Waals surface area (Å²) in [6.07, 6.45) is 2.30. The van der Waals surface area contributed by atoms with E-state index in [1.807, 2.05) is 25.1 Å². The molecule has 0 aliphatic rings. The van der Waals surface area contributed by atoms with E-state index >= 15 is 0 Å². The van der Waals surface area contributed by atoms with E-state index in [1.165, 1.54) is 0 Å². The third-order valence-electron chi connectivity index (χ3n) is 2.78. The smallest absolute Gasteiger partial charge is 0.192 e. The van der Waals surface area contributed by atoms with E-state index in [0.29, 0.717) is 12.3 Å². The zero-order valence-corrected chi connectivity index (χ0v) is 9.97. The molecule has 3 rings (SSSR count). The van der Waals surface area contributed by atoms with Gasteiger partial charge in [0.15, 0.2) is 11.5 Å². The second kappa shape index (κ2) is 4.27. The van der Waals surface area contributed by atoms with Crippen molar-refractivity contribution >= 4 is 11.1 Å². The lowest BCUT2D eigenvalue weighted by molar-refractivity contribution is 0.297. The Bertz CT molecular complexity index is 684. The number of rotatable bonds is 3. The zero-order valence-electron chi connectivity index (χ0n) is 9.97. The molecule has 5 heteroatoms. The molecule has 2 N–H and O–H groups in total. The molecule has 0 spiro atoms. The summed E-state index contributed by atoms with van der Waals surface area (Å²) in [4.78, 5) is 11.7. The van der Waals surface area contributed by atoms with Gasteiger partial charge in [0.2, 0.25) is 0 Å². The maximum absolute atomic E-state index is 8.86. The number of nitrogens with one attached hydrogen (secondary N) is 1. The standard InChI is InChI=1S/C13H13N3O2/c1-8-15-10-6-9(2-3-12(10)18-8)11-7-14-13(16-11)4-5-17/h2-3,6-7,17H,4-5H2,1H3,(H,14,16). The first kappa shape index (κ1) is 11.0. The van der Waals surface area contributed by atoms with Crippen LogP contribution in [0.2, 0.25) is 0 Å². The summed E-state index contributed by atoms with van der Waals surface area (Å²) in [7, 11) is 0. The minimum atomic E-state index is 0.0917. The van der Waals surface area contributed by atoms with Gasteiger partial charge < -0.3 is 14.5 Å². The van der Waals surface area contributed by atoms with Crippen LogP contribution in [0.25, 0.3) is 22.4 Å². The van der Waals surface area contributed by atoms with E-state index in [9.17, 15) is 0 Å². The quantitative estimate of drug-likeness (QED) is 0.738. The third-order valence-corrected chi connectivity index (χ3v) is 2.78. The van der Waals surface area contributed by atoms with Gasteiger partial charge in [0.1, 0.15) is 11.3 Å². The molecule has 0 fully saturated rings. The molecule has 0 unspecified atom stereocenters. The Kier molecular flexibility index (Phi) is 2.60. The largest absolute Gasteiger partial charge is 0.441 e. The number of H-pyrrole nitrogens is 1. The van der Waals surface area contributed by atoms with Gasteiger partial charge in [0.25, 0.3) is 0 Å². The lowest BCUT2D eigenvalue weighted by Gasteiger charge is -1.96. The van der Waals surface area contributed by atoms with Crippen molar-refractivity contribution in [3.8, 4) is 11.3 Å². The highest BCUT2D eigenvalue weighted by Gasteiger charge is 2.07. The number of oxazole rings is 1. The maximum Gasteiger partial charge on any atom is 0.192 e. The predicted molar refractivity (Wildman–Crippen MR) is 67.1 cm³/mol. The van der Waals surface area contributed by atoms with Crippen molar-refractivity contribution in [1.82, 2.24) is 15.0 Å². The van der Waals surface area contributed by atoms with Crippen molar-refractivity contribution in [2.45, 2.75) is 13.3 Å². The van der Waals surface area contributed by atoms with Crippen LogP contribution in [-0.2, 0) is 6.42 Å². The average molecular weight is 243 g/mol. The molecule has 18 heavy (non-hydrogen) atoms. The van der Waals surface area contributed by atoms with Crippen molar-refractivity contribution in [3.05, 3.63) is 36.1 Å². The number of hydrogen-bond acceptors (Lipinski definition) is 4. The van der Waals surface area contributed by atoms with Crippen LogP contribution in [0, 0.1) is 6.92 Å². The highest BCUT2D eigenvalue weighted by molar-refractivity contribution is 5.79. The van der Waals surface area contributed by atoms with Crippen molar-refractivity contribution < 1.29 is 9.52 Å². The lowest BCUT2D eigenvalue weighted by Crippen LogP contribution is -1.92. The average Bonchev–Trinajstić information content (AvgIpc) is 2.93. The lowest BCUT2D eigenvalue weighted by atomic mass is 10.1. The fraction of sp³-hybridized carbons (Fsp3) is 0.231. The van der Waals surface area contributed by atoms with Gasteiger partial charge in [-0.25, -0.2) is 9.97 Å². The minimum Gasteiger partial charge on any atom is -0.441 e. The van der Waals surface area contributed by atoms with Crippen molar-refractivity contribution in [1.29, 1.82) is 0 Å². The normalized spacial score (nSPS) is 11.2. The Labute approximate surface area is 104 Å². The molecule has 0 aliphatic heterocycles. The summed E-state index contributed by atoms with van der Waals surface area (Å²) in [5.41, 5.74) is 3.54. The van der Waals surface area contributed by atoms with Crippen LogP contribution in [0.15, 0.2) is 28.8 Å². The van der Waals surface area contributed by atoms with Gasteiger partial charge in [-0.05, 0) is 18.2 Å². The van der Waals surface area contributed by atoms with Crippen LogP contribution in [0.5, 0.6) is 0 Å². The number of hydrogen-bond donors (Lipinski definition) is 2. The Hall–Kier alpha value is -2.14. The van der Waals surface area contributed by atoms with Crippen LogP contribution >= 0.6 is 0 Å². The first-order valence-corrected chi connectivity index (χ1v) is 5.78. The molecule has 0 saturated heterocycles. The number of aliphatic hydroxyl groups excluding tert-OH is 1. The zero-order chi connectivity index (χ0) is 12.5. The predicted octanol–water partition coefficient (Wildman–Crippen LogP) is 2.06. The molecule has 5 nitrogen and oxygen atoms in total. The highest BCUT2D eigenvalue weighted by atomic mass is 16.3. The molecule has 3 aromatic rings. The van der Waals surface area contributed by atoms with Crippen molar-refractivity contribution in [3.63, 3.8) is 0 Å². The molecule has 0 aliphatic carbocycles. The Morgan fingerprint density at radius 3 is 3.11 bits per heavy atom. The summed E-state index contributed by atoms with van der Waals surface area (Å²) < 4.78 is 5.43. The number of aliphatic hydroxyl groups is 1. The summed E-state index contributed by atoms with van der Waals surface area (Å²) in [5.74, 6) is 1.44. The summed E-state index contributed by atoms with van der Waals surface area (Å²) in [6.45, 7) is 1.92. The molecule has 0 amide bonds. The SMILES string of the molecule is Cc1nc2cc(-c3cnc(CCO)[nH]3)ccc2o1. The number of aromatic nitrogens is 3. The van der Waals surface area contributed by atoms with Crippen molar-refractivity contribution in [2.75, 3.05) is 6.61 Å². The van der Waals surface area contributed by atoms with E-state index in [0.717, 1.165) is 28.2 Å². The number of nitrogens with zero attached hydrogens (tertiary/aromatic N) is 2. The molecule has 1 aromatic carbocycles. The van der Waals surface area contributed by atoms with Crippen LogP contribution in [0.3, 0.4) is 0 Å². The van der Waals surface area contributed by atoms with E-state index in [4.69, 9.17) is 9.52 Å². The molecular formula is C13H13N3O2. The maximum atomic E-state index is 8.86. The molecular weight excluding hydrogens is 230 g/mol. The van der Waals surface area contributed by atoms with Crippen LogP contribution in [0.4, 0.5) is 0 Å². The number of imidazole rings is 1. The first-order chi connectivity index (χ1) is 8.76. The summed E-state index contributed by atoms with van der Waals surface area (Å²) in [6, 6.07) is 5.82. The summed E-state index contributed by atoms with van der Waals surface area (Å²) >= 11 is 0. The fourth-order valence-corrected chi connectivity index (χ4v) is 1.95. The van der Waals surface area contributed by atoms with Gasteiger partial charge in [0, 0.05) is 18.9 Å². The number of fused-ring (bicyclic) bond motifs is 1. The fourth-order valence-electron chi connectivity index (χ4n) is 1.95. The van der Waals surface area contributed by atoms with Gasteiger partial charge in [-0.2, -0.15) is 0 Å². The van der Waals surface area contributed by atoms with E-state index in [1.54, 1.807) is 6.20 Å². The van der Waals surface area contributed by atoms with Gasteiger partial charge in [-0.15, -0.1) is 0 Å². The van der Waals surface area contributed by atoms with Crippen LogP contribution in [0.1, 0.15) is 11.7 Å². The highest BCUT2D eigenvalue weighted by Crippen LogP contribution is 2.23. The first-order valence-electron chi connectivity index (χ1n) is 5.78. The second-order valence-corrected chi connectivity index (χ2v) is 4.13. The third kappa shape index (κ3) is 1.89. The van der Waals surface area contributed by atoms with Crippen LogP contribution in [-0.4, -0.2) is 26.7 Å². The van der Waals surface area contributed by atoms with Crippen molar-refractivity contribution in [2.24, 2.45) is 0 Å². The van der Waals surface area contributed by atoms with Gasteiger partial charge in [-0.1, -0.05) is 0 Å². The number of aromatic amines is 1. The van der Waals surface area contributed by atoms with Gasteiger partial charge >= 0.3 is 0 Å². The topological polar surface area (TPSA) is 74.9 Å². The molecule has 2 heterocycles. The second-order valence-electron chi connectivity index (χ2n) is 4.13. The number of benzene rings is 1. The summed E-state index contributed by atoms with van der Waals surface area (Å²) in [5, 5.41) is 8.86. The van der Waals surface area contributed by atoms with E-state index < -0.39 is 0 Å². The minimum absolute atomic E-state index is 0.0917. The molecule has 92 valence electrons. The van der Waals surface area contributed by atoms with E-state index in [2.05, 4.69) is 15.0 Å². The van der Waals surface area contributed by atoms with Gasteiger partial charge in [-0.3, -0.25) is 0 Å². The van der Waals surface area contributed by atoms with Crippen LogP contribution < -0.4 is 0 Å². The monoisotopic (exact) mass is 243 g/mol. The molecule has 0 radical (unpaired) electrons. The molecule has 2 aromatic heterocycles. The Morgan fingerprint density at radius 1 is 1.39 bits per heavy atom. The molecule has 0 saturated carbocycles. The number of aryl methyl sites for hydroxylation is 1. The van der Waals surface area contributed by atoms with E-state index in [-0.39, 0.29) is 6.61 Å². The van der Waals surface area contributed by atoms with Gasteiger partial charge in [0.05, 0.1) is 18.5 Å². The Balaban J connectivity index is 2.01. The Morgan fingerprint density at radius 2 is 2.28 bits per heavy atom.